The van der Waals surface area contributed by atoms with E-state index in [1.54, 1.807) is 0 Å². The average molecular weight is 367 g/mol. The Bertz CT molecular complexity index is 774. The molecule has 2 heterocycles. The van der Waals surface area contributed by atoms with Crippen LogP contribution in [0.1, 0.15) is 31.7 Å². The van der Waals surface area contributed by atoms with Crippen molar-refractivity contribution in [3.8, 4) is 0 Å². The number of amidine groups is 1. The molecule has 24 heavy (non-hydrogen) atoms. The van der Waals surface area contributed by atoms with Gasteiger partial charge in [-0.3, -0.25) is 4.79 Å². The molecule has 0 N–H and O–H groups in total. The maximum atomic E-state index is 12.1. The smallest absolute Gasteiger partial charge is 0.248 e. The maximum Gasteiger partial charge on any atom is 0.248 e. The van der Waals surface area contributed by atoms with Crippen LogP contribution in [-0.4, -0.2) is 42.3 Å². The third-order valence-electron chi connectivity index (χ3n) is 4.41. The molecule has 0 bridgehead atoms. The van der Waals surface area contributed by atoms with Crippen molar-refractivity contribution in [2.24, 2.45) is 4.99 Å². The van der Waals surface area contributed by atoms with Gasteiger partial charge in [0.05, 0.1) is 17.5 Å². The Hall–Kier alpha value is -1.34. The number of rotatable bonds is 4. The first kappa shape index (κ1) is 17.5. The van der Waals surface area contributed by atoms with Gasteiger partial charge in [0, 0.05) is 17.4 Å². The third-order valence-corrected chi connectivity index (χ3v) is 7.62. The molecule has 2 fully saturated rings. The minimum absolute atomic E-state index is 0.0488. The summed E-state index contributed by atoms with van der Waals surface area (Å²) in [6.45, 7) is 4.03. The van der Waals surface area contributed by atoms with E-state index >= 15 is 0 Å². The molecule has 0 aliphatic carbocycles. The number of thioether (sulfide) groups is 1. The number of hydrogen-bond acceptors (Lipinski definition) is 4. The average Bonchev–Trinajstić information content (AvgIpc) is 2.97. The van der Waals surface area contributed by atoms with Crippen molar-refractivity contribution in [2.45, 2.75) is 44.4 Å². The van der Waals surface area contributed by atoms with Crippen molar-refractivity contribution in [1.82, 2.24) is 0 Å². The Balaban J connectivity index is 1.96. The molecule has 2 aliphatic heterocycles. The van der Waals surface area contributed by atoms with Crippen LogP contribution in [0.15, 0.2) is 29.3 Å². The van der Waals surface area contributed by atoms with Gasteiger partial charge in [0.25, 0.3) is 0 Å². The fourth-order valence-electron chi connectivity index (χ4n) is 3.17. The Labute approximate surface area is 147 Å². The number of sulfone groups is 1. The summed E-state index contributed by atoms with van der Waals surface area (Å²) in [5.74, 6) is 0.161. The summed E-state index contributed by atoms with van der Waals surface area (Å²) in [5, 5.41) is 0.600. The van der Waals surface area contributed by atoms with E-state index in [1.807, 2.05) is 43.0 Å². The predicted octanol–water partition coefficient (Wildman–Crippen LogP) is 2.79. The molecule has 2 atom stereocenters. The highest BCUT2D eigenvalue weighted by molar-refractivity contribution is 8.16. The number of aliphatic imine (C=N–C) groups is 1. The zero-order chi connectivity index (χ0) is 17.3. The number of nitrogens with zero attached hydrogens (tertiary/aromatic N) is 2. The zero-order valence-corrected chi connectivity index (χ0v) is 15.6. The highest BCUT2D eigenvalue weighted by atomic mass is 32.2. The molecule has 1 amide bonds. The van der Waals surface area contributed by atoms with Crippen molar-refractivity contribution in [2.75, 3.05) is 16.4 Å². The summed E-state index contributed by atoms with van der Waals surface area (Å²) in [7, 11) is -3.03. The van der Waals surface area contributed by atoms with Crippen LogP contribution in [0, 0.1) is 6.92 Å². The van der Waals surface area contributed by atoms with Crippen LogP contribution in [0.25, 0.3) is 0 Å². The van der Waals surface area contributed by atoms with Gasteiger partial charge in [-0.25, -0.2) is 8.42 Å². The van der Waals surface area contributed by atoms with Gasteiger partial charge in [0.15, 0.2) is 15.0 Å². The fourth-order valence-corrected chi connectivity index (χ4v) is 7.09. The summed E-state index contributed by atoms with van der Waals surface area (Å²) in [6.07, 6.45) is 2.22. The first-order valence-electron chi connectivity index (χ1n) is 8.25. The van der Waals surface area contributed by atoms with Crippen LogP contribution in [0.4, 0.5) is 5.69 Å². The van der Waals surface area contributed by atoms with Crippen molar-refractivity contribution in [1.29, 1.82) is 0 Å². The molecular weight excluding hydrogens is 344 g/mol. The molecule has 0 saturated carbocycles. The highest BCUT2D eigenvalue weighted by Gasteiger charge is 2.49. The van der Waals surface area contributed by atoms with Gasteiger partial charge in [-0.05, 0) is 25.0 Å². The van der Waals surface area contributed by atoms with Gasteiger partial charge in [0.2, 0.25) is 5.91 Å². The van der Waals surface area contributed by atoms with E-state index in [2.05, 4.69) is 4.99 Å². The number of para-hydroxylation sites is 1. The minimum atomic E-state index is -3.03. The van der Waals surface area contributed by atoms with Gasteiger partial charge in [-0.2, -0.15) is 4.99 Å². The van der Waals surface area contributed by atoms with Crippen molar-refractivity contribution >= 4 is 38.4 Å². The minimum Gasteiger partial charge on any atom is -0.315 e. The Morgan fingerprint density at radius 1 is 1.33 bits per heavy atom. The lowest BCUT2D eigenvalue weighted by Crippen LogP contribution is -2.38. The molecule has 1 aromatic carbocycles. The number of carbonyl (C=O) groups is 1. The molecule has 2 aliphatic rings. The second kappa shape index (κ2) is 6.88. The van der Waals surface area contributed by atoms with Gasteiger partial charge >= 0.3 is 0 Å². The predicted molar refractivity (Wildman–Crippen MR) is 99.4 cm³/mol. The number of anilines is 1. The molecule has 2 saturated heterocycles. The van der Waals surface area contributed by atoms with E-state index in [0.717, 1.165) is 24.1 Å². The monoisotopic (exact) mass is 366 g/mol. The second-order valence-corrected chi connectivity index (χ2v) is 9.71. The van der Waals surface area contributed by atoms with Gasteiger partial charge in [-0.15, -0.1) is 0 Å². The van der Waals surface area contributed by atoms with Crippen LogP contribution in [0.2, 0.25) is 0 Å². The van der Waals surface area contributed by atoms with E-state index in [0.29, 0.717) is 11.6 Å². The molecule has 3 rings (SSSR count). The van der Waals surface area contributed by atoms with Gasteiger partial charge < -0.3 is 4.90 Å². The largest absolute Gasteiger partial charge is 0.315 e. The molecule has 1 aromatic rings. The number of hydrogen-bond donors (Lipinski definition) is 0. The van der Waals surface area contributed by atoms with E-state index in [9.17, 15) is 13.2 Å². The molecule has 0 aromatic heterocycles. The molecular formula is C17H22N2O3S2. The van der Waals surface area contributed by atoms with E-state index in [-0.39, 0.29) is 28.7 Å². The van der Waals surface area contributed by atoms with Crippen LogP contribution in [0.5, 0.6) is 0 Å². The highest BCUT2D eigenvalue weighted by Crippen LogP contribution is 2.41. The molecule has 0 radical (unpaired) electrons. The first-order chi connectivity index (χ1) is 11.4. The molecule has 0 unspecified atom stereocenters. The molecule has 5 nitrogen and oxygen atoms in total. The number of unbranched alkanes of at least 4 members (excludes halogenated alkanes) is 1. The zero-order valence-electron chi connectivity index (χ0n) is 13.9. The number of aryl methyl sites for hydroxylation is 1. The number of fused-ring (bicyclic) bond motifs is 1. The molecule has 130 valence electrons. The Kier molecular flexibility index (Phi) is 5.01. The van der Waals surface area contributed by atoms with Crippen molar-refractivity contribution in [3.63, 3.8) is 0 Å². The van der Waals surface area contributed by atoms with E-state index in [4.69, 9.17) is 0 Å². The van der Waals surface area contributed by atoms with Crippen molar-refractivity contribution < 1.29 is 13.2 Å². The molecule has 0 spiro atoms. The summed E-state index contributed by atoms with van der Waals surface area (Å²) in [4.78, 5) is 18.4. The quantitative estimate of drug-likeness (QED) is 0.820. The maximum absolute atomic E-state index is 12.1. The fraction of sp³-hybridized carbons (Fsp3) is 0.529. The van der Waals surface area contributed by atoms with E-state index in [1.165, 1.54) is 11.8 Å². The summed E-state index contributed by atoms with van der Waals surface area (Å²) >= 11 is 1.43. The lowest BCUT2D eigenvalue weighted by molar-refractivity contribution is -0.117. The Morgan fingerprint density at radius 3 is 2.79 bits per heavy atom. The lowest BCUT2D eigenvalue weighted by atomic mass is 10.1. The van der Waals surface area contributed by atoms with Crippen LogP contribution in [0.3, 0.4) is 0 Å². The standard InChI is InChI=1S/C17H22N2O3S2/c1-3-4-9-16(20)18-17-19(13-8-6-5-7-12(13)2)14-10-24(21,22)11-15(14)23-17/h5-8,14-15H,3-4,9-11H2,1-2H3/t14-,15+/m0/s1. The Morgan fingerprint density at radius 2 is 2.08 bits per heavy atom. The number of benzene rings is 1. The van der Waals surface area contributed by atoms with E-state index < -0.39 is 9.84 Å². The topological polar surface area (TPSA) is 66.8 Å². The normalized spacial score (nSPS) is 26.8. The molecule has 7 heteroatoms. The summed E-state index contributed by atoms with van der Waals surface area (Å²) in [6, 6.07) is 7.70. The SMILES string of the molecule is CCCCC(=O)N=C1S[C@@H]2CS(=O)(=O)C[C@@H]2N1c1ccccc1C. The van der Waals surface area contributed by atoms with Gasteiger partial charge in [0.1, 0.15) is 0 Å². The van der Waals surface area contributed by atoms with Crippen LogP contribution >= 0.6 is 11.8 Å². The first-order valence-corrected chi connectivity index (χ1v) is 10.9. The second-order valence-electron chi connectivity index (χ2n) is 6.35. The van der Waals surface area contributed by atoms with Crippen molar-refractivity contribution in [3.05, 3.63) is 29.8 Å². The van der Waals surface area contributed by atoms with Crippen LogP contribution < -0.4 is 4.90 Å². The third kappa shape index (κ3) is 3.52. The van der Waals surface area contributed by atoms with Crippen LogP contribution in [-0.2, 0) is 14.6 Å². The lowest BCUT2D eigenvalue weighted by Gasteiger charge is -2.26. The number of amides is 1. The summed E-state index contributed by atoms with van der Waals surface area (Å²) < 4.78 is 24.1. The van der Waals surface area contributed by atoms with Gasteiger partial charge in [-0.1, -0.05) is 43.3 Å². The number of carbonyl (C=O) groups excluding carboxylic acids is 1. The summed E-state index contributed by atoms with van der Waals surface area (Å²) in [5.41, 5.74) is 1.99.